The van der Waals surface area contributed by atoms with Crippen LogP contribution in [0.25, 0.3) is 11.4 Å². The van der Waals surface area contributed by atoms with Crippen molar-refractivity contribution in [2.24, 2.45) is 5.10 Å². The first-order chi connectivity index (χ1) is 13.8. The monoisotopic (exact) mass is 373 g/mol. The van der Waals surface area contributed by atoms with Crippen LogP contribution >= 0.6 is 0 Å². The topological polar surface area (TPSA) is 62.6 Å². The fraction of sp³-hybridized carbons (Fsp3) is 0.227. The van der Waals surface area contributed by atoms with Gasteiger partial charge in [-0.3, -0.25) is 5.43 Å². The van der Waals surface area contributed by atoms with Crippen molar-refractivity contribution >= 4 is 17.9 Å². The van der Waals surface area contributed by atoms with Crippen molar-refractivity contribution in [3.8, 4) is 11.4 Å². The maximum absolute atomic E-state index is 5.47. The van der Waals surface area contributed by atoms with Gasteiger partial charge in [-0.25, -0.2) is 9.97 Å². The van der Waals surface area contributed by atoms with Gasteiger partial charge < -0.3 is 9.64 Å². The normalized spacial score (nSPS) is 14.4. The van der Waals surface area contributed by atoms with Crippen LogP contribution in [0.1, 0.15) is 11.1 Å². The molecule has 28 heavy (non-hydrogen) atoms. The van der Waals surface area contributed by atoms with Gasteiger partial charge in [0, 0.05) is 24.7 Å². The van der Waals surface area contributed by atoms with E-state index in [9.17, 15) is 0 Å². The third-order valence-corrected chi connectivity index (χ3v) is 4.51. The van der Waals surface area contributed by atoms with Gasteiger partial charge in [-0.1, -0.05) is 60.2 Å². The Hall–Kier alpha value is -3.25. The first-order valence-electron chi connectivity index (χ1n) is 9.41. The number of nitrogens with one attached hydrogen (secondary N) is 1. The van der Waals surface area contributed by atoms with Crippen molar-refractivity contribution in [3.63, 3.8) is 0 Å². The lowest BCUT2D eigenvalue weighted by atomic mass is 10.2. The SMILES string of the molecule is Cc1cccc(C=NNc2cc(N3CCOCC3)nc(-c3ccccc3)n2)c1. The molecule has 0 spiro atoms. The van der Waals surface area contributed by atoms with E-state index in [0.29, 0.717) is 24.9 Å². The number of nitrogens with zero attached hydrogens (tertiary/aromatic N) is 4. The molecule has 142 valence electrons. The molecule has 1 saturated heterocycles. The molecule has 3 aromatic rings. The molecule has 0 radical (unpaired) electrons. The first-order valence-corrected chi connectivity index (χ1v) is 9.41. The molecule has 0 saturated carbocycles. The van der Waals surface area contributed by atoms with Crippen LogP contribution in [0, 0.1) is 6.92 Å². The fourth-order valence-corrected chi connectivity index (χ4v) is 3.09. The minimum atomic E-state index is 0.666. The Bertz CT molecular complexity index is 952. The summed E-state index contributed by atoms with van der Waals surface area (Å²) in [5, 5.41) is 4.37. The average Bonchev–Trinajstić information content (AvgIpc) is 2.75. The molecule has 0 unspecified atom stereocenters. The van der Waals surface area contributed by atoms with Crippen molar-refractivity contribution in [2.75, 3.05) is 36.6 Å². The highest BCUT2D eigenvalue weighted by Crippen LogP contribution is 2.23. The van der Waals surface area contributed by atoms with Crippen LogP contribution in [-0.4, -0.2) is 42.5 Å². The van der Waals surface area contributed by atoms with Crippen molar-refractivity contribution < 1.29 is 4.74 Å². The Labute approximate surface area is 164 Å². The summed E-state index contributed by atoms with van der Waals surface area (Å²) in [6, 6.07) is 20.1. The number of hydrogen-bond acceptors (Lipinski definition) is 6. The van der Waals surface area contributed by atoms with Gasteiger partial charge in [0.15, 0.2) is 11.6 Å². The molecule has 2 aromatic carbocycles. The number of aryl methyl sites for hydroxylation is 1. The summed E-state index contributed by atoms with van der Waals surface area (Å²) in [5.41, 5.74) is 6.28. The van der Waals surface area contributed by atoms with Crippen molar-refractivity contribution in [3.05, 3.63) is 71.8 Å². The molecule has 1 aliphatic rings. The number of hydrazone groups is 1. The zero-order chi connectivity index (χ0) is 19.2. The van der Waals surface area contributed by atoms with E-state index in [0.717, 1.165) is 30.0 Å². The zero-order valence-corrected chi connectivity index (χ0v) is 15.9. The molecule has 1 aliphatic heterocycles. The third-order valence-electron chi connectivity index (χ3n) is 4.51. The van der Waals surface area contributed by atoms with Crippen molar-refractivity contribution in [2.45, 2.75) is 6.92 Å². The molecular weight excluding hydrogens is 350 g/mol. The standard InChI is InChI=1S/C22H23N5O/c1-17-6-5-7-18(14-17)16-23-26-20-15-21(27-10-12-28-13-11-27)25-22(24-20)19-8-3-2-4-9-19/h2-9,14-16H,10-13H2,1H3,(H,24,25,26). The van der Waals surface area contributed by atoms with Crippen LogP contribution in [-0.2, 0) is 4.74 Å². The van der Waals surface area contributed by atoms with Gasteiger partial charge in [-0.2, -0.15) is 5.10 Å². The zero-order valence-electron chi connectivity index (χ0n) is 15.9. The molecule has 0 bridgehead atoms. The summed E-state index contributed by atoms with van der Waals surface area (Å²) in [7, 11) is 0. The van der Waals surface area contributed by atoms with Crippen LogP contribution in [0.4, 0.5) is 11.6 Å². The molecular formula is C22H23N5O. The average molecular weight is 373 g/mol. The number of aromatic nitrogens is 2. The van der Waals surface area contributed by atoms with Gasteiger partial charge in [0.05, 0.1) is 19.4 Å². The predicted octanol–water partition coefficient (Wildman–Crippen LogP) is 3.73. The van der Waals surface area contributed by atoms with E-state index in [-0.39, 0.29) is 0 Å². The van der Waals surface area contributed by atoms with Crippen LogP contribution in [0.5, 0.6) is 0 Å². The maximum Gasteiger partial charge on any atom is 0.163 e. The second-order valence-corrected chi connectivity index (χ2v) is 6.68. The van der Waals surface area contributed by atoms with Crippen molar-refractivity contribution in [1.82, 2.24) is 9.97 Å². The molecule has 6 nitrogen and oxygen atoms in total. The second kappa shape index (κ2) is 8.63. The summed E-state index contributed by atoms with van der Waals surface area (Å²) < 4.78 is 5.47. The summed E-state index contributed by atoms with van der Waals surface area (Å²) in [6.45, 7) is 5.11. The van der Waals surface area contributed by atoms with Gasteiger partial charge in [-0.15, -0.1) is 0 Å². The maximum atomic E-state index is 5.47. The van der Waals surface area contributed by atoms with Crippen LogP contribution in [0.3, 0.4) is 0 Å². The summed E-state index contributed by atoms with van der Waals surface area (Å²) in [6.07, 6.45) is 1.80. The molecule has 1 fully saturated rings. The van der Waals surface area contributed by atoms with E-state index < -0.39 is 0 Å². The number of benzene rings is 2. The van der Waals surface area contributed by atoms with Gasteiger partial charge in [0.1, 0.15) is 5.82 Å². The van der Waals surface area contributed by atoms with E-state index in [4.69, 9.17) is 9.72 Å². The molecule has 0 atom stereocenters. The molecule has 1 aromatic heterocycles. The number of hydrogen-bond donors (Lipinski definition) is 1. The van der Waals surface area contributed by atoms with E-state index >= 15 is 0 Å². The molecule has 0 amide bonds. The second-order valence-electron chi connectivity index (χ2n) is 6.68. The van der Waals surface area contributed by atoms with Crippen LogP contribution < -0.4 is 10.3 Å². The van der Waals surface area contributed by atoms with E-state index in [2.05, 4.69) is 39.5 Å². The summed E-state index contributed by atoms with van der Waals surface area (Å²) >= 11 is 0. The number of rotatable bonds is 5. The number of anilines is 2. The number of morpholine rings is 1. The predicted molar refractivity (Wildman–Crippen MR) is 113 cm³/mol. The Morgan fingerprint density at radius 3 is 2.61 bits per heavy atom. The van der Waals surface area contributed by atoms with Crippen LogP contribution in [0.15, 0.2) is 65.8 Å². The Balaban J connectivity index is 1.61. The highest BCUT2D eigenvalue weighted by molar-refractivity contribution is 5.80. The minimum absolute atomic E-state index is 0.666. The first kappa shape index (κ1) is 18.1. The lowest BCUT2D eigenvalue weighted by Crippen LogP contribution is -2.36. The van der Waals surface area contributed by atoms with Gasteiger partial charge in [-0.05, 0) is 12.5 Å². The molecule has 0 aliphatic carbocycles. The smallest absolute Gasteiger partial charge is 0.163 e. The lowest BCUT2D eigenvalue weighted by Gasteiger charge is -2.28. The van der Waals surface area contributed by atoms with Crippen LogP contribution in [0.2, 0.25) is 0 Å². The quantitative estimate of drug-likeness (QED) is 0.545. The van der Waals surface area contributed by atoms with Gasteiger partial charge >= 0.3 is 0 Å². The molecule has 1 N–H and O–H groups in total. The Morgan fingerprint density at radius 1 is 1.00 bits per heavy atom. The molecule has 6 heteroatoms. The third kappa shape index (κ3) is 4.53. The van der Waals surface area contributed by atoms with E-state index in [1.54, 1.807) is 6.21 Å². The summed E-state index contributed by atoms with van der Waals surface area (Å²) in [4.78, 5) is 11.6. The lowest BCUT2D eigenvalue weighted by molar-refractivity contribution is 0.122. The van der Waals surface area contributed by atoms with Crippen molar-refractivity contribution in [1.29, 1.82) is 0 Å². The fourth-order valence-electron chi connectivity index (χ4n) is 3.09. The summed E-state index contributed by atoms with van der Waals surface area (Å²) in [5.74, 6) is 2.22. The highest BCUT2D eigenvalue weighted by Gasteiger charge is 2.15. The Morgan fingerprint density at radius 2 is 1.82 bits per heavy atom. The highest BCUT2D eigenvalue weighted by atomic mass is 16.5. The van der Waals surface area contributed by atoms with Gasteiger partial charge in [0.2, 0.25) is 0 Å². The minimum Gasteiger partial charge on any atom is -0.378 e. The molecule has 2 heterocycles. The van der Waals surface area contributed by atoms with E-state index in [1.807, 2.05) is 48.5 Å². The molecule has 4 rings (SSSR count). The van der Waals surface area contributed by atoms with Gasteiger partial charge in [0.25, 0.3) is 0 Å². The largest absolute Gasteiger partial charge is 0.378 e. The Kier molecular flexibility index (Phi) is 5.58. The number of ether oxygens (including phenoxy) is 1. The van der Waals surface area contributed by atoms with E-state index in [1.165, 1.54) is 5.56 Å².